The first-order chi connectivity index (χ1) is 15.7. The molecule has 2 bridgehead atoms. The number of pyridine rings is 1. The molecular formula is C26H29N5O. The molecule has 1 aromatic carbocycles. The molecule has 1 saturated heterocycles. The molecule has 6 nitrogen and oxygen atoms in total. The lowest BCUT2D eigenvalue weighted by Crippen LogP contribution is -2.42. The summed E-state index contributed by atoms with van der Waals surface area (Å²) in [7, 11) is 2.22. The van der Waals surface area contributed by atoms with Crippen molar-refractivity contribution in [2.45, 2.75) is 51.3 Å². The van der Waals surface area contributed by atoms with E-state index in [1.807, 2.05) is 48.7 Å². The molecule has 0 radical (unpaired) electrons. The van der Waals surface area contributed by atoms with Crippen molar-refractivity contribution in [2.24, 2.45) is 7.05 Å². The average molecular weight is 428 g/mol. The molecule has 0 saturated carbocycles. The summed E-state index contributed by atoms with van der Waals surface area (Å²) in [4.78, 5) is 4.32. The molecule has 3 aromatic rings. The van der Waals surface area contributed by atoms with E-state index in [1.165, 1.54) is 41.4 Å². The van der Waals surface area contributed by atoms with E-state index in [-0.39, 0.29) is 0 Å². The fourth-order valence-corrected chi connectivity index (χ4v) is 5.31. The van der Waals surface area contributed by atoms with Gasteiger partial charge in [-0.2, -0.15) is 0 Å². The first-order valence-corrected chi connectivity index (χ1v) is 11.5. The van der Waals surface area contributed by atoms with Crippen LogP contribution in [0, 0.1) is 6.92 Å². The summed E-state index contributed by atoms with van der Waals surface area (Å²) in [6.07, 6.45) is 12.8. The Morgan fingerprint density at radius 3 is 2.94 bits per heavy atom. The lowest BCUT2D eigenvalue weighted by molar-refractivity contribution is 0.207. The highest BCUT2D eigenvalue weighted by Crippen LogP contribution is 2.41. The van der Waals surface area contributed by atoms with Gasteiger partial charge in [0.05, 0.1) is 17.4 Å². The lowest BCUT2D eigenvalue weighted by Gasteiger charge is -2.36. The highest BCUT2D eigenvalue weighted by Gasteiger charge is 2.33. The van der Waals surface area contributed by atoms with Crippen LogP contribution in [0.4, 0.5) is 5.69 Å². The Kier molecular flexibility index (Phi) is 4.68. The van der Waals surface area contributed by atoms with E-state index in [9.17, 15) is 0 Å². The van der Waals surface area contributed by atoms with Crippen LogP contribution in [0.5, 0.6) is 0 Å². The van der Waals surface area contributed by atoms with Crippen LogP contribution in [0.25, 0.3) is 10.9 Å². The van der Waals surface area contributed by atoms with Crippen LogP contribution in [-0.2, 0) is 24.8 Å². The minimum Gasteiger partial charge on any atom is -0.487 e. The standard InChI is InChI=1S/C26H29N5O/c1-17-6-7-18(14-27-17)16-32-21-10-11-31(28-15-21)20-8-9-22-24(13-20)30(2)25-12-19-4-3-5-23(29-19)26(22)25/h6-11,13-15,19,23,28-29H,3-5,12,16H2,1-2H3. The summed E-state index contributed by atoms with van der Waals surface area (Å²) in [5.41, 5.74) is 10.9. The van der Waals surface area contributed by atoms with Crippen molar-refractivity contribution < 1.29 is 4.74 Å². The molecule has 5 heterocycles. The first kappa shape index (κ1) is 19.4. The maximum atomic E-state index is 5.91. The number of rotatable bonds is 4. The largest absolute Gasteiger partial charge is 0.487 e. The third-order valence-corrected chi connectivity index (χ3v) is 7.01. The fourth-order valence-electron chi connectivity index (χ4n) is 5.31. The van der Waals surface area contributed by atoms with Crippen molar-refractivity contribution >= 4 is 16.6 Å². The minimum absolute atomic E-state index is 0.502. The van der Waals surface area contributed by atoms with Crippen LogP contribution >= 0.6 is 0 Å². The monoisotopic (exact) mass is 427 g/mol. The molecule has 3 aliphatic rings. The molecule has 3 aliphatic heterocycles. The zero-order valence-corrected chi connectivity index (χ0v) is 18.6. The Morgan fingerprint density at radius 2 is 2.12 bits per heavy atom. The van der Waals surface area contributed by atoms with Gasteiger partial charge in [0, 0.05) is 60.3 Å². The summed E-state index contributed by atoms with van der Waals surface area (Å²) in [5, 5.41) is 7.27. The normalized spacial score (nSPS) is 21.8. The van der Waals surface area contributed by atoms with Gasteiger partial charge in [-0.05, 0) is 56.0 Å². The summed E-state index contributed by atoms with van der Waals surface area (Å²) < 4.78 is 8.32. The zero-order valence-electron chi connectivity index (χ0n) is 18.6. The number of aromatic nitrogens is 2. The molecule has 0 amide bonds. The van der Waals surface area contributed by atoms with Crippen molar-refractivity contribution in [2.75, 3.05) is 5.01 Å². The van der Waals surface area contributed by atoms with Gasteiger partial charge in [0.1, 0.15) is 12.4 Å². The number of anilines is 1. The van der Waals surface area contributed by atoms with E-state index in [2.05, 4.69) is 45.5 Å². The minimum atomic E-state index is 0.502. The highest BCUT2D eigenvalue weighted by molar-refractivity contribution is 5.89. The van der Waals surface area contributed by atoms with Gasteiger partial charge in [-0.25, -0.2) is 0 Å². The van der Waals surface area contributed by atoms with Crippen molar-refractivity contribution in [3.63, 3.8) is 0 Å². The summed E-state index contributed by atoms with van der Waals surface area (Å²) in [6, 6.07) is 12.0. The number of piperidine rings is 1. The predicted molar refractivity (Wildman–Crippen MR) is 127 cm³/mol. The number of aryl methyl sites for hydroxylation is 2. The molecule has 0 spiro atoms. The van der Waals surface area contributed by atoms with Gasteiger partial charge < -0.3 is 14.6 Å². The second-order valence-corrected chi connectivity index (χ2v) is 9.13. The van der Waals surface area contributed by atoms with Gasteiger partial charge in [0.25, 0.3) is 0 Å². The van der Waals surface area contributed by atoms with E-state index in [1.54, 1.807) is 0 Å². The molecule has 2 aromatic heterocycles. The predicted octanol–water partition coefficient (Wildman–Crippen LogP) is 4.52. The first-order valence-electron chi connectivity index (χ1n) is 11.5. The summed E-state index contributed by atoms with van der Waals surface area (Å²) in [6.45, 7) is 2.49. The van der Waals surface area contributed by atoms with Gasteiger partial charge in [-0.3, -0.25) is 15.4 Å². The Labute approximate surface area is 188 Å². The van der Waals surface area contributed by atoms with Gasteiger partial charge >= 0.3 is 0 Å². The summed E-state index contributed by atoms with van der Waals surface area (Å²) in [5.74, 6) is 0.801. The number of allylic oxidation sites excluding steroid dienone is 1. The van der Waals surface area contributed by atoms with E-state index in [4.69, 9.17) is 4.74 Å². The van der Waals surface area contributed by atoms with E-state index >= 15 is 0 Å². The maximum absolute atomic E-state index is 5.91. The number of benzene rings is 1. The van der Waals surface area contributed by atoms with Crippen LogP contribution in [-0.4, -0.2) is 15.6 Å². The molecule has 6 rings (SSSR count). The summed E-state index contributed by atoms with van der Waals surface area (Å²) >= 11 is 0. The maximum Gasteiger partial charge on any atom is 0.138 e. The molecular weight excluding hydrogens is 398 g/mol. The highest BCUT2D eigenvalue weighted by atomic mass is 16.5. The lowest BCUT2D eigenvalue weighted by atomic mass is 9.84. The smallest absolute Gasteiger partial charge is 0.138 e. The Bertz CT molecular complexity index is 1220. The zero-order chi connectivity index (χ0) is 21.7. The topological polar surface area (TPSA) is 54.4 Å². The Morgan fingerprint density at radius 1 is 1.19 bits per heavy atom. The van der Waals surface area contributed by atoms with Crippen molar-refractivity contribution in [1.29, 1.82) is 0 Å². The Hall–Kier alpha value is -3.25. The third kappa shape index (κ3) is 3.35. The third-order valence-electron chi connectivity index (χ3n) is 7.01. The number of nitrogens with one attached hydrogen (secondary N) is 2. The second-order valence-electron chi connectivity index (χ2n) is 9.13. The van der Waals surface area contributed by atoms with Gasteiger partial charge in [0.2, 0.25) is 0 Å². The van der Waals surface area contributed by atoms with Crippen molar-refractivity contribution in [1.82, 2.24) is 20.3 Å². The number of ether oxygens (including phenoxy) is 1. The van der Waals surface area contributed by atoms with Crippen LogP contribution < -0.4 is 15.8 Å². The Balaban J connectivity index is 1.20. The van der Waals surface area contributed by atoms with E-state index in [0.29, 0.717) is 18.7 Å². The van der Waals surface area contributed by atoms with E-state index in [0.717, 1.165) is 29.1 Å². The molecule has 2 atom stereocenters. The molecule has 0 aliphatic carbocycles. The number of hydrazine groups is 1. The molecule has 2 unspecified atom stereocenters. The molecule has 1 fully saturated rings. The quantitative estimate of drug-likeness (QED) is 0.641. The van der Waals surface area contributed by atoms with Crippen LogP contribution in [0.15, 0.2) is 60.8 Å². The van der Waals surface area contributed by atoms with Crippen molar-refractivity contribution in [3.8, 4) is 0 Å². The molecule has 32 heavy (non-hydrogen) atoms. The SMILES string of the molecule is Cc1ccc(COC2=CNN(c3ccc4c5c(n(C)c4c3)CC3CCCC5N3)C=C2)cn1. The number of hydrogen-bond donors (Lipinski definition) is 2. The van der Waals surface area contributed by atoms with Crippen LogP contribution in [0.2, 0.25) is 0 Å². The van der Waals surface area contributed by atoms with Gasteiger partial charge in [0.15, 0.2) is 0 Å². The fraction of sp³-hybridized carbons (Fsp3) is 0.346. The second kappa shape index (κ2) is 7.71. The van der Waals surface area contributed by atoms with Crippen molar-refractivity contribution in [3.05, 3.63) is 83.3 Å². The van der Waals surface area contributed by atoms with Crippen LogP contribution in [0.1, 0.15) is 47.8 Å². The van der Waals surface area contributed by atoms with Gasteiger partial charge in [-0.1, -0.05) is 12.1 Å². The number of fused-ring (bicyclic) bond motifs is 6. The average Bonchev–Trinajstić information content (AvgIpc) is 3.10. The van der Waals surface area contributed by atoms with Crippen LogP contribution in [0.3, 0.4) is 0 Å². The number of hydrogen-bond acceptors (Lipinski definition) is 5. The molecule has 6 heteroatoms. The van der Waals surface area contributed by atoms with E-state index < -0.39 is 0 Å². The number of nitrogens with zero attached hydrogens (tertiary/aromatic N) is 3. The van der Waals surface area contributed by atoms with Gasteiger partial charge in [-0.15, -0.1) is 0 Å². The molecule has 164 valence electrons. The molecule has 2 N–H and O–H groups in total.